The molecule has 0 spiro atoms. The molecular formula is C50H24N6OS. The molecule has 4 heterocycles. The number of nitrogens with zero attached hydrogens (tertiary/aromatic N) is 6. The van der Waals surface area contributed by atoms with Crippen LogP contribution in [0.3, 0.4) is 0 Å². The molecule has 8 heteroatoms. The minimum Gasteiger partial charge on any atom is -0.453 e. The molecule has 0 saturated carbocycles. The van der Waals surface area contributed by atoms with Crippen LogP contribution in [0.5, 0.6) is 11.5 Å². The maximum atomic E-state index is 10.8. The molecule has 0 radical (unpaired) electrons. The molecule has 0 fully saturated rings. The number of aromatic nitrogens is 1. The number of benzene rings is 7. The van der Waals surface area contributed by atoms with Gasteiger partial charge in [-0.05, 0) is 105 Å². The summed E-state index contributed by atoms with van der Waals surface area (Å²) in [4.78, 5) is 11.1. The van der Waals surface area contributed by atoms with Crippen LogP contribution in [0.15, 0.2) is 145 Å². The summed E-state index contributed by atoms with van der Waals surface area (Å²) in [7, 11) is 0. The van der Waals surface area contributed by atoms with Crippen molar-refractivity contribution in [1.29, 1.82) is 10.5 Å². The van der Waals surface area contributed by atoms with E-state index in [-0.39, 0.29) is 33.6 Å². The van der Waals surface area contributed by atoms with E-state index >= 15 is 0 Å². The van der Waals surface area contributed by atoms with E-state index in [4.69, 9.17) is 17.9 Å². The van der Waals surface area contributed by atoms with E-state index in [1.54, 1.807) is 11.3 Å². The van der Waals surface area contributed by atoms with Crippen molar-refractivity contribution in [2.45, 2.75) is 0 Å². The van der Waals surface area contributed by atoms with Gasteiger partial charge in [-0.3, -0.25) is 4.40 Å². The number of anilines is 3. The van der Waals surface area contributed by atoms with Gasteiger partial charge in [0.15, 0.2) is 11.5 Å². The Balaban J connectivity index is 1.06. The summed E-state index contributed by atoms with van der Waals surface area (Å²) in [5.41, 5.74) is 8.70. The van der Waals surface area contributed by atoms with Crippen LogP contribution in [0.25, 0.3) is 80.5 Å². The van der Waals surface area contributed by atoms with Crippen molar-refractivity contribution >= 4 is 77.2 Å². The lowest BCUT2D eigenvalue weighted by molar-refractivity contribution is 0.477. The van der Waals surface area contributed by atoms with Gasteiger partial charge in [0.1, 0.15) is 4.83 Å². The van der Waals surface area contributed by atoms with E-state index in [1.165, 1.54) is 21.1 Å². The van der Waals surface area contributed by atoms with Crippen molar-refractivity contribution in [2.75, 3.05) is 4.90 Å². The van der Waals surface area contributed by atoms with Gasteiger partial charge in [0.2, 0.25) is 11.4 Å². The fraction of sp³-hybridized carbons (Fsp3) is 0. The monoisotopic (exact) mass is 756 g/mol. The molecule has 7 nitrogen and oxygen atoms in total. The number of nitriles is 2. The highest BCUT2D eigenvalue weighted by atomic mass is 32.1. The molecule has 0 amide bonds. The Kier molecular flexibility index (Phi) is 7.15. The molecule has 0 N–H and O–H groups in total. The largest absolute Gasteiger partial charge is 0.453 e. The number of hydrogen-bond donors (Lipinski definition) is 0. The average molecular weight is 757 g/mol. The molecule has 266 valence electrons. The van der Waals surface area contributed by atoms with E-state index in [1.807, 2.05) is 97.1 Å². The zero-order valence-electron chi connectivity index (χ0n) is 30.4. The van der Waals surface area contributed by atoms with Gasteiger partial charge in [-0.15, -0.1) is 11.3 Å². The average Bonchev–Trinajstić information content (AvgIpc) is 3.98. The Labute approximate surface area is 336 Å². The van der Waals surface area contributed by atoms with Crippen LogP contribution < -0.4 is 9.64 Å². The molecule has 3 aromatic heterocycles. The SMILES string of the molecule is [C-]#[N+]c1c([N+]#[C-])c(-c2cccc(-c3cc4c5ccccc5n5c6sccc6c(c3)c45)c2)c(C#N)c(C#N)c1-c1ccc(N2c3ccccc3Oc3ccccc32)cc1. The zero-order valence-corrected chi connectivity index (χ0v) is 31.2. The molecule has 0 aliphatic carbocycles. The van der Waals surface area contributed by atoms with Crippen molar-refractivity contribution in [3.05, 3.63) is 179 Å². The third kappa shape index (κ3) is 4.56. The summed E-state index contributed by atoms with van der Waals surface area (Å²) < 4.78 is 8.55. The maximum Gasteiger partial charge on any atom is 0.204 e. The van der Waals surface area contributed by atoms with Crippen molar-refractivity contribution in [2.24, 2.45) is 0 Å². The fourth-order valence-corrected chi connectivity index (χ4v) is 9.63. The van der Waals surface area contributed by atoms with Crippen molar-refractivity contribution < 1.29 is 4.74 Å². The van der Waals surface area contributed by atoms with Gasteiger partial charge in [0.05, 0.1) is 58.8 Å². The predicted octanol–water partition coefficient (Wildman–Crippen LogP) is 14.3. The summed E-state index contributed by atoms with van der Waals surface area (Å²) in [5.74, 6) is 1.44. The molecule has 10 aromatic rings. The van der Waals surface area contributed by atoms with E-state index in [2.05, 4.69) is 79.0 Å². The summed E-state index contributed by atoms with van der Waals surface area (Å²) in [6.07, 6.45) is 0. The van der Waals surface area contributed by atoms with E-state index in [0.717, 1.165) is 56.0 Å². The van der Waals surface area contributed by atoms with Crippen LogP contribution in [0.2, 0.25) is 0 Å². The highest BCUT2D eigenvalue weighted by molar-refractivity contribution is 7.17. The lowest BCUT2D eigenvalue weighted by atomic mass is 9.86. The minimum atomic E-state index is 0.0353. The lowest BCUT2D eigenvalue weighted by Crippen LogP contribution is -2.15. The van der Waals surface area contributed by atoms with Crippen LogP contribution in [-0.4, -0.2) is 4.40 Å². The number of para-hydroxylation sites is 5. The second-order valence-corrected chi connectivity index (χ2v) is 15.0. The Morgan fingerprint density at radius 2 is 1.16 bits per heavy atom. The van der Waals surface area contributed by atoms with Gasteiger partial charge in [-0.2, -0.15) is 10.5 Å². The number of thiophene rings is 1. The predicted molar refractivity (Wildman–Crippen MR) is 232 cm³/mol. The third-order valence-corrected chi connectivity index (χ3v) is 12.0. The Morgan fingerprint density at radius 1 is 0.552 bits per heavy atom. The summed E-state index contributed by atoms with van der Waals surface area (Å²) in [5, 5.41) is 28.3. The second kappa shape index (κ2) is 12.6. The molecule has 7 aromatic carbocycles. The number of hydrogen-bond acceptors (Lipinski definition) is 5. The second-order valence-electron chi connectivity index (χ2n) is 14.1. The van der Waals surface area contributed by atoms with Gasteiger partial charge in [0.25, 0.3) is 0 Å². The minimum absolute atomic E-state index is 0.0353. The van der Waals surface area contributed by atoms with Crippen molar-refractivity contribution in [3.8, 4) is 57.0 Å². The Bertz CT molecular complexity index is 3450. The number of ether oxygens (including phenoxy) is 1. The van der Waals surface area contributed by atoms with Gasteiger partial charge >= 0.3 is 0 Å². The third-order valence-electron chi connectivity index (χ3n) is 11.1. The van der Waals surface area contributed by atoms with Crippen molar-refractivity contribution in [1.82, 2.24) is 4.40 Å². The zero-order chi connectivity index (χ0) is 39.1. The van der Waals surface area contributed by atoms with Gasteiger partial charge in [-0.1, -0.05) is 72.8 Å². The topological polar surface area (TPSA) is 73.2 Å². The Hall–Kier alpha value is -8.40. The standard InChI is InChI=1S/C50H24N6OS/c1-53-47-45(29-18-20-33(21-19-29)55-41-14-5-7-16-43(41)57-44-17-8-6-15-42(44)55)38(27-51)39(28-52)46(48(47)54-2)31-11-9-10-30(24-31)32-25-36-34-12-3-4-13-40(34)56-49(36)37(26-32)35-22-23-58-50(35)56/h3-26H. The fourth-order valence-electron chi connectivity index (χ4n) is 8.70. The highest BCUT2D eigenvalue weighted by Crippen LogP contribution is 2.53. The molecule has 0 bridgehead atoms. The first kappa shape index (κ1) is 33.0. The molecule has 1 aliphatic rings. The first-order chi connectivity index (χ1) is 28.6. The first-order valence-electron chi connectivity index (χ1n) is 18.4. The number of fused-ring (bicyclic) bond motifs is 8. The van der Waals surface area contributed by atoms with Gasteiger partial charge in [0, 0.05) is 27.2 Å². The maximum absolute atomic E-state index is 10.8. The van der Waals surface area contributed by atoms with E-state index in [0.29, 0.717) is 11.1 Å². The normalized spacial score (nSPS) is 11.8. The van der Waals surface area contributed by atoms with Crippen LogP contribution in [0.1, 0.15) is 11.1 Å². The van der Waals surface area contributed by atoms with E-state index < -0.39 is 0 Å². The molecule has 58 heavy (non-hydrogen) atoms. The molecule has 0 saturated heterocycles. The molecule has 11 rings (SSSR count). The quantitative estimate of drug-likeness (QED) is 0.168. The summed E-state index contributed by atoms with van der Waals surface area (Å²) in [6.45, 7) is 16.8. The van der Waals surface area contributed by atoms with Crippen LogP contribution in [0, 0.1) is 35.8 Å². The number of rotatable bonds is 4. The van der Waals surface area contributed by atoms with Crippen LogP contribution in [0.4, 0.5) is 28.4 Å². The molecule has 1 aliphatic heterocycles. The van der Waals surface area contributed by atoms with Gasteiger partial charge in [-0.25, -0.2) is 9.69 Å². The summed E-state index contributed by atoms with van der Waals surface area (Å²) in [6, 6.07) is 50.4. The first-order valence-corrected chi connectivity index (χ1v) is 19.3. The highest BCUT2D eigenvalue weighted by Gasteiger charge is 2.29. The molecular weight excluding hydrogens is 733 g/mol. The smallest absolute Gasteiger partial charge is 0.204 e. The summed E-state index contributed by atoms with van der Waals surface area (Å²) >= 11 is 1.73. The van der Waals surface area contributed by atoms with Gasteiger partial charge < -0.3 is 9.64 Å². The van der Waals surface area contributed by atoms with Crippen molar-refractivity contribution in [3.63, 3.8) is 0 Å². The molecule has 0 unspecified atom stereocenters. The molecule has 0 atom stereocenters. The van der Waals surface area contributed by atoms with Crippen LogP contribution in [-0.2, 0) is 0 Å². The van der Waals surface area contributed by atoms with E-state index in [9.17, 15) is 10.5 Å². The lowest BCUT2D eigenvalue weighted by Gasteiger charge is -2.32. The van der Waals surface area contributed by atoms with Crippen LogP contribution >= 0.6 is 11.3 Å². The Morgan fingerprint density at radius 3 is 1.83 bits per heavy atom.